The van der Waals surface area contributed by atoms with Crippen LogP contribution in [0.1, 0.15) is 31.2 Å². The van der Waals surface area contributed by atoms with E-state index in [-0.39, 0.29) is 0 Å². The van der Waals surface area contributed by atoms with Crippen molar-refractivity contribution in [3.05, 3.63) is 29.8 Å². The van der Waals surface area contributed by atoms with E-state index < -0.39 is 0 Å². The highest BCUT2D eigenvalue weighted by atomic mass is 16.5. The molecule has 0 saturated carbocycles. The summed E-state index contributed by atoms with van der Waals surface area (Å²) < 4.78 is 5.26. The van der Waals surface area contributed by atoms with Gasteiger partial charge in [0.05, 0.1) is 0 Å². The summed E-state index contributed by atoms with van der Waals surface area (Å²) in [5, 5.41) is 3.98. The third-order valence-corrected chi connectivity index (χ3v) is 3.12. The van der Waals surface area contributed by atoms with Crippen LogP contribution in [0.2, 0.25) is 0 Å². The molecule has 2 rings (SSSR count). The molecule has 2 heterocycles. The maximum absolute atomic E-state index is 5.53. The first kappa shape index (κ1) is 13.7. The van der Waals surface area contributed by atoms with Crippen molar-refractivity contribution in [2.45, 2.75) is 33.1 Å². The van der Waals surface area contributed by atoms with Crippen LogP contribution in [0.3, 0.4) is 0 Å². The first-order valence-electron chi connectivity index (χ1n) is 6.64. The van der Waals surface area contributed by atoms with E-state index in [1.807, 2.05) is 19.1 Å². The number of pyridine rings is 1. The van der Waals surface area contributed by atoms with E-state index in [1.54, 1.807) is 6.20 Å². The lowest BCUT2D eigenvalue weighted by molar-refractivity contribution is 0.362. The van der Waals surface area contributed by atoms with Crippen LogP contribution in [0.5, 0.6) is 0 Å². The van der Waals surface area contributed by atoms with Crippen molar-refractivity contribution in [3.63, 3.8) is 0 Å². The van der Waals surface area contributed by atoms with Crippen molar-refractivity contribution in [3.8, 4) is 11.5 Å². The molecule has 2 aromatic heterocycles. The average Bonchev–Trinajstić information content (AvgIpc) is 2.85. The molecular weight excluding hydrogens is 240 g/mol. The van der Waals surface area contributed by atoms with Gasteiger partial charge in [0.25, 0.3) is 0 Å². The Morgan fingerprint density at radius 3 is 2.95 bits per heavy atom. The van der Waals surface area contributed by atoms with E-state index in [1.165, 1.54) is 0 Å². The molecule has 0 spiro atoms. The fourth-order valence-electron chi connectivity index (χ4n) is 1.92. The second kappa shape index (κ2) is 6.43. The zero-order chi connectivity index (χ0) is 13.7. The molecule has 0 fully saturated rings. The minimum absolute atomic E-state index is 0.560. The Bertz CT molecular complexity index is 524. The quantitative estimate of drug-likeness (QED) is 0.862. The van der Waals surface area contributed by atoms with Crippen molar-refractivity contribution >= 4 is 0 Å². The Morgan fingerprint density at radius 2 is 2.21 bits per heavy atom. The predicted octanol–water partition coefficient (Wildman–Crippen LogP) is 2.36. The summed E-state index contributed by atoms with van der Waals surface area (Å²) >= 11 is 0. The standard InChI is InChI=1S/C14H20N4O/c1-10(5-7-15)3-4-13-17-14(18-19-13)12-9-11(2)6-8-16-12/h6,8-10H,3-5,7,15H2,1-2H3. The molecule has 0 aliphatic heterocycles. The largest absolute Gasteiger partial charge is 0.339 e. The van der Waals surface area contributed by atoms with Gasteiger partial charge in [-0.1, -0.05) is 12.1 Å². The Labute approximate surface area is 113 Å². The van der Waals surface area contributed by atoms with E-state index in [0.29, 0.717) is 17.6 Å². The van der Waals surface area contributed by atoms with Crippen LogP contribution < -0.4 is 5.73 Å². The maximum atomic E-state index is 5.53. The summed E-state index contributed by atoms with van der Waals surface area (Å²) in [6.45, 7) is 4.93. The van der Waals surface area contributed by atoms with Gasteiger partial charge in [-0.05, 0) is 49.9 Å². The predicted molar refractivity (Wildman–Crippen MR) is 73.4 cm³/mol. The third kappa shape index (κ3) is 3.86. The first-order valence-corrected chi connectivity index (χ1v) is 6.64. The van der Waals surface area contributed by atoms with Gasteiger partial charge in [0.15, 0.2) is 0 Å². The van der Waals surface area contributed by atoms with Crippen LogP contribution in [0, 0.1) is 12.8 Å². The number of hydrogen-bond donors (Lipinski definition) is 1. The van der Waals surface area contributed by atoms with E-state index in [9.17, 15) is 0 Å². The molecule has 1 atom stereocenters. The third-order valence-electron chi connectivity index (χ3n) is 3.12. The molecule has 0 aliphatic carbocycles. The van der Waals surface area contributed by atoms with Crippen molar-refractivity contribution < 1.29 is 4.52 Å². The van der Waals surface area contributed by atoms with Gasteiger partial charge in [0.2, 0.25) is 11.7 Å². The molecule has 0 radical (unpaired) electrons. The van der Waals surface area contributed by atoms with Crippen LogP contribution in [0.25, 0.3) is 11.5 Å². The van der Waals surface area contributed by atoms with Gasteiger partial charge in [-0.3, -0.25) is 4.98 Å². The summed E-state index contributed by atoms with van der Waals surface area (Å²) in [4.78, 5) is 8.63. The van der Waals surface area contributed by atoms with Crippen LogP contribution in [-0.4, -0.2) is 21.7 Å². The number of rotatable bonds is 6. The highest BCUT2D eigenvalue weighted by Gasteiger charge is 2.11. The van der Waals surface area contributed by atoms with E-state index in [2.05, 4.69) is 22.0 Å². The molecule has 5 heteroatoms. The van der Waals surface area contributed by atoms with E-state index in [0.717, 1.165) is 37.1 Å². The number of hydrogen-bond acceptors (Lipinski definition) is 5. The number of nitrogens with zero attached hydrogens (tertiary/aromatic N) is 3. The van der Waals surface area contributed by atoms with Gasteiger partial charge in [0.1, 0.15) is 5.69 Å². The van der Waals surface area contributed by atoms with Crippen molar-refractivity contribution in [1.29, 1.82) is 0 Å². The summed E-state index contributed by atoms with van der Waals surface area (Å²) in [5.41, 5.74) is 7.42. The molecule has 2 aromatic rings. The molecule has 2 N–H and O–H groups in total. The molecule has 0 bridgehead atoms. The molecule has 0 saturated heterocycles. The second-order valence-corrected chi connectivity index (χ2v) is 4.95. The topological polar surface area (TPSA) is 77.8 Å². The minimum Gasteiger partial charge on any atom is -0.339 e. The van der Waals surface area contributed by atoms with Gasteiger partial charge in [-0.15, -0.1) is 0 Å². The molecule has 1 unspecified atom stereocenters. The highest BCUT2D eigenvalue weighted by Crippen LogP contribution is 2.16. The maximum Gasteiger partial charge on any atom is 0.227 e. The Morgan fingerprint density at radius 1 is 1.37 bits per heavy atom. The zero-order valence-corrected chi connectivity index (χ0v) is 11.5. The number of nitrogens with two attached hydrogens (primary N) is 1. The van der Waals surface area contributed by atoms with Crippen LogP contribution >= 0.6 is 0 Å². The summed E-state index contributed by atoms with van der Waals surface area (Å²) in [6, 6.07) is 3.89. The summed E-state index contributed by atoms with van der Waals surface area (Å²) in [6.07, 6.45) is 4.59. The highest BCUT2D eigenvalue weighted by molar-refractivity contribution is 5.48. The number of aryl methyl sites for hydroxylation is 2. The van der Waals surface area contributed by atoms with Crippen molar-refractivity contribution in [2.24, 2.45) is 11.7 Å². The Balaban J connectivity index is 1.99. The van der Waals surface area contributed by atoms with E-state index >= 15 is 0 Å². The Kier molecular flexibility index (Phi) is 4.63. The lowest BCUT2D eigenvalue weighted by Gasteiger charge is -2.06. The fraction of sp³-hybridized carbons (Fsp3) is 0.500. The van der Waals surface area contributed by atoms with Gasteiger partial charge in [0, 0.05) is 12.6 Å². The Hall–Kier alpha value is -1.75. The molecule has 5 nitrogen and oxygen atoms in total. The molecule has 0 aromatic carbocycles. The number of aromatic nitrogens is 3. The second-order valence-electron chi connectivity index (χ2n) is 4.95. The summed E-state index contributed by atoms with van der Waals surface area (Å²) in [7, 11) is 0. The zero-order valence-electron chi connectivity index (χ0n) is 11.5. The molecule has 19 heavy (non-hydrogen) atoms. The van der Waals surface area contributed by atoms with Crippen molar-refractivity contribution in [2.75, 3.05) is 6.54 Å². The molecule has 102 valence electrons. The lowest BCUT2D eigenvalue weighted by atomic mass is 10.0. The monoisotopic (exact) mass is 260 g/mol. The summed E-state index contributed by atoms with van der Waals surface area (Å²) in [5.74, 6) is 1.81. The average molecular weight is 260 g/mol. The molecular formula is C14H20N4O. The smallest absolute Gasteiger partial charge is 0.227 e. The van der Waals surface area contributed by atoms with E-state index in [4.69, 9.17) is 10.3 Å². The van der Waals surface area contributed by atoms with Crippen molar-refractivity contribution in [1.82, 2.24) is 15.1 Å². The van der Waals surface area contributed by atoms with Gasteiger partial charge in [-0.25, -0.2) is 0 Å². The fourth-order valence-corrected chi connectivity index (χ4v) is 1.92. The minimum atomic E-state index is 0.560. The lowest BCUT2D eigenvalue weighted by Crippen LogP contribution is -2.06. The normalized spacial score (nSPS) is 12.6. The molecule has 0 amide bonds. The molecule has 0 aliphatic rings. The van der Waals surface area contributed by atoms with Gasteiger partial charge >= 0.3 is 0 Å². The van der Waals surface area contributed by atoms with Gasteiger partial charge in [-0.2, -0.15) is 4.98 Å². The van der Waals surface area contributed by atoms with Crippen LogP contribution in [0.15, 0.2) is 22.9 Å². The van der Waals surface area contributed by atoms with Gasteiger partial charge < -0.3 is 10.3 Å². The van der Waals surface area contributed by atoms with Crippen LogP contribution in [-0.2, 0) is 6.42 Å². The first-order chi connectivity index (χ1) is 9.19. The van der Waals surface area contributed by atoms with Crippen LogP contribution in [0.4, 0.5) is 0 Å². The SMILES string of the molecule is Cc1ccnc(-c2noc(CCC(C)CCN)n2)c1.